The Labute approximate surface area is 126 Å². The number of aryl methyl sites for hydroxylation is 1. The second-order valence-electron chi connectivity index (χ2n) is 5.64. The molecule has 0 radical (unpaired) electrons. The Morgan fingerprint density at radius 2 is 2.27 bits per heavy atom. The summed E-state index contributed by atoms with van der Waals surface area (Å²) in [5, 5.41) is 13.6. The molecule has 0 saturated heterocycles. The highest BCUT2D eigenvalue weighted by Gasteiger charge is 2.19. The second-order valence-corrected chi connectivity index (χ2v) is 5.64. The highest BCUT2D eigenvalue weighted by Crippen LogP contribution is 2.18. The van der Waals surface area contributed by atoms with Crippen molar-refractivity contribution < 1.29 is 4.79 Å². The predicted molar refractivity (Wildman–Crippen MR) is 80.3 cm³/mol. The van der Waals surface area contributed by atoms with Gasteiger partial charge in [-0.1, -0.05) is 0 Å². The number of imidazole rings is 1. The molecule has 1 aliphatic heterocycles. The van der Waals surface area contributed by atoms with Gasteiger partial charge in [-0.15, -0.1) is 0 Å². The van der Waals surface area contributed by atoms with E-state index in [4.69, 9.17) is 0 Å². The third kappa shape index (κ3) is 2.34. The Kier molecular flexibility index (Phi) is 3.10. The van der Waals surface area contributed by atoms with Crippen molar-refractivity contribution in [3.05, 3.63) is 42.0 Å². The first kappa shape index (κ1) is 13.0. The molecule has 7 heteroatoms. The number of benzene rings is 1. The molecule has 22 heavy (non-hydrogen) atoms. The summed E-state index contributed by atoms with van der Waals surface area (Å²) in [5.41, 5.74) is 2.07. The number of H-pyrrole nitrogens is 1. The fourth-order valence-corrected chi connectivity index (χ4v) is 2.92. The number of rotatable bonds is 3. The Morgan fingerprint density at radius 3 is 3.23 bits per heavy atom. The molecule has 1 atom stereocenters. The van der Waals surface area contributed by atoms with E-state index in [1.54, 1.807) is 18.2 Å². The molecule has 0 saturated carbocycles. The van der Waals surface area contributed by atoms with Crippen LogP contribution in [0, 0.1) is 5.92 Å². The number of fused-ring (bicyclic) bond motifs is 2. The van der Waals surface area contributed by atoms with Crippen LogP contribution >= 0.6 is 0 Å². The standard InChI is InChI=1S/C15H16N6O/c22-15(11-2-3-12-13(7-11)19-20-18-12)17-8-10-1-4-14-16-5-6-21(14)9-10/h2-3,5-7,10H,1,4,8-9H2,(H,17,22)(H,18,19,20). The summed E-state index contributed by atoms with van der Waals surface area (Å²) in [4.78, 5) is 16.6. The lowest BCUT2D eigenvalue weighted by Crippen LogP contribution is -2.33. The zero-order valence-corrected chi connectivity index (χ0v) is 12.0. The number of aromatic nitrogens is 5. The van der Waals surface area contributed by atoms with Crippen LogP contribution in [-0.2, 0) is 13.0 Å². The van der Waals surface area contributed by atoms with Gasteiger partial charge in [0.05, 0.1) is 0 Å². The van der Waals surface area contributed by atoms with Crippen LogP contribution in [0.25, 0.3) is 11.0 Å². The molecule has 0 aliphatic carbocycles. The van der Waals surface area contributed by atoms with Crippen molar-refractivity contribution in [2.45, 2.75) is 19.4 Å². The van der Waals surface area contributed by atoms with E-state index in [9.17, 15) is 4.79 Å². The maximum Gasteiger partial charge on any atom is 0.251 e. The molecule has 7 nitrogen and oxygen atoms in total. The van der Waals surface area contributed by atoms with Crippen molar-refractivity contribution in [1.29, 1.82) is 0 Å². The van der Waals surface area contributed by atoms with Crippen molar-refractivity contribution in [3.8, 4) is 0 Å². The van der Waals surface area contributed by atoms with Crippen LogP contribution in [0.3, 0.4) is 0 Å². The number of nitrogens with zero attached hydrogens (tertiary/aromatic N) is 4. The predicted octanol–water partition coefficient (Wildman–Crippen LogP) is 1.15. The van der Waals surface area contributed by atoms with E-state index in [1.165, 1.54) is 0 Å². The molecule has 2 N–H and O–H groups in total. The topological polar surface area (TPSA) is 88.5 Å². The Morgan fingerprint density at radius 1 is 1.36 bits per heavy atom. The van der Waals surface area contributed by atoms with Gasteiger partial charge >= 0.3 is 0 Å². The van der Waals surface area contributed by atoms with Crippen LogP contribution in [0.5, 0.6) is 0 Å². The van der Waals surface area contributed by atoms with E-state index < -0.39 is 0 Å². The lowest BCUT2D eigenvalue weighted by atomic mass is 9.99. The third-order valence-corrected chi connectivity index (χ3v) is 4.16. The van der Waals surface area contributed by atoms with Crippen molar-refractivity contribution in [3.63, 3.8) is 0 Å². The van der Waals surface area contributed by atoms with Gasteiger partial charge in [-0.2, -0.15) is 15.4 Å². The highest BCUT2D eigenvalue weighted by atomic mass is 16.1. The van der Waals surface area contributed by atoms with Crippen molar-refractivity contribution in [1.82, 2.24) is 30.3 Å². The molecule has 1 unspecified atom stereocenters. The monoisotopic (exact) mass is 296 g/mol. The molecule has 3 aromatic rings. The summed E-state index contributed by atoms with van der Waals surface area (Å²) in [6.07, 6.45) is 5.86. The van der Waals surface area contributed by atoms with Gasteiger partial charge in [0.15, 0.2) is 0 Å². The number of hydrogen-bond donors (Lipinski definition) is 2. The van der Waals surface area contributed by atoms with Crippen LogP contribution in [0.2, 0.25) is 0 Å². The zero-order chi connectivity index (χ0) is 14.9. The van der Waals surface area contributed by atoms with Crippen LogP contribution in [-0.4, -0.2) is 37.4 Å². The normalized spacial score (nSPS) is 17.4. The number of carbonyl (C=O) groups is 1. The molecular formula is C15H16N6O. The SMILES string of the molecule is O=C(NCC1CCc2nccn2C1)c1ccc2n[nH]nc2c1. The molecule has 2 aromatic heterocycles. The maximum absolute atomic E-state index is 12.3. The first-order chi connectivity index (χ1) is 10.8. The average Bonchev–Trinajstić information content (AvgIpc) is 3.19. The highest BCUT2D eigenvalue weighted by molar-refractivity contribution is 5.97. The number of amides is 1. The lowest BCUT2D eigenvalue weighted by Gasteiger charge is -2.23. The molecule has 0 fully saturated rings. The summed E-state index contributed by atoms with van der Waals surface area (Å²) in [5.74, 6) is 1.52. The Bertz CT molecular complexity index is 820. The summed E-state index contributed by atoms with van der Waals surface area (Å²) in [7, 11) is 0. The van der Waals surface area contributed by atoms with Gasteiger partial charge in [-0.05, 0) is 30.5 Å². The lowest BCUT2D eigenvalue weighted by molar-refractivity contribution is 0.0943. The molecule has 112 valence electrons. The van der Waals surface area contributed by atoms with Gasteiger partial charge in [-0.3, -0.25) is 4.79 Å². The number of aromatic amines is 1. The molecular weight excluding hydrogens is 280 g/mol. The summed E-state index contributed by atoms with van der Waals surface area (Å²) < 4.78 is 2.17. The molecule has 0 bridgehead atoms. The molecule has 1 aromatic carbocycles. The molecule has 4 rings (SSSR count). The summed E-state index contributed by atoms with van der Waals surface area (Å²) in [6.45, 7) is 1.59. The van der Waals surface area contributed by atoms with Crippen molar-refractivity contribution in [2.24, 2.45) is 5.92 Å². The van der Waals surface area contributed by atoms with Crippen LogP contribution in [0.15, 0.2) is 30.6 Å². The third-order valence-electron chi connectivity index (χ3n) is 4.16. The quantitative estimate of drug-likeness (QED) is 0.758. The molecule has 1 amide bonds. The van der Waals surface area contributed by atoms with Gasteiger partial charge in [0, 0.05) is 37.5 Å². The largest absolute Gasteiger partial charge is 0.352 e. The molecule has 3 heterocycles. The average molecular weight is 296 g/mol. The van der Waals surface area contributed by atoms with E-state index in [-0.39, 0.29) is 5.91 Å². The van der Waals surface area contributed by atoms with Gasteiger partial charge in [0.25, 0.3) is 5.91 Å². The minimum Gasteiger partial charge on any atom is -0.352 e. The first-order valence-corrected chi connectivity index (χ1v) is 7.38. The zero-order valence-electron chi connectivity index (χ0n) is 12.0. The number of carbonyl (C=O) groups excluding carboxylic acids is 1. The van der Waals surface area contributed by atoms with Crippen LogP contribution in [0.1, 0.15) is 22.6 Å². The summed E-state index contributed by atoms with van der Waals surface area (Å²) in [6, 6.07) is 5.32. The molecule has 1 aliphatic rings. The molecule has 0 spiro atoms. The Balaban J connectivity index is 1.40. The fraction of sp³-hybridized carbons (Fsp3) is 0.333. The number of nitrogens with one attached hydrogen (secondary N) is 2. The Hall–Kier alpha value is -2.70. The minimum atomic E-state index is -0.0682. The van der Waals surface area contributed by atoms with Gasteiger partial charge in [0.2, 0.25) is 0 Å². The van der Waals surface area contributed by atoms with E-state index in [2.05, 4.69) is 30.3 Å². The second kappa shape index (κ2) is 5.25. The van der Waals surface area contributed by atoms with Gasteiger partial charge in [-0.25, -0.2) is 4.98 Å². The first-order valence-electron chi connectivity index (χ1n) is 7.38. The van der Waals surface area contributed by atoms with E-state index in [0.717, 1.165) is 30.7 Å². The number of hydrogen-bond acceptors (Lipinski definition) is 4. The van der Waals surface area contributed by atoms with E-state index in [0.29, 0.717) is 23.5 Å². The fourth-order valence-electron chi connectivity index (χ4n) is 2.92. The van der Waals surface area contributed by atoms with Crippen LogP contribution < -0.4 is 5.32 Å². The van der Waals surface area contributed by atoms with Gasteiger partial charge < -0.3 is 9.88 Å². The van der Waals surface area contributed by atoms with Crippen LogP contribution in [0.4, 0.5) is 0 Å². The minimum absolute atomic E-state index is 0.0682. The van der Waals surface area contributed by atoms with E-state index >= 15 is 0 Å². The van der Waals surface area contributed by atoms with Crippen molar-refractivity contribution >= 4 is 16.9 Å². The van der Waals surface area contributed by atoms with Gasteiger partial charge in [0.1, 0.15) is 16.9 Å². The maximum atomic E-state index is 12.3. The van der Waals surface area contributed by atoms with Crippen molar-refractivity contribution in [2.75, 3.05) is 6.54 Å². The smallest absolute Gasteiger partial charge is 0.251 e. The van der Waals surface area contributed by atoms with E-state index in [1.807, 2.05) is 12.4 Å². The summed E-state index contributed by atoms with van der Waals surface area (Å²) >= 11 is 0.